The minimum absolute atomic E-state index is 0.231. The van der Waals surface area contributed by atoms with E-state index in [2.05, 4.69) is 10.3 Å². The van der Waals surface area contributed by atoms with E-state index in [0.29, 0.717) is 11.9 Å². The van der Waals surface area contributed by atoms with Gasteiger partial charge >= 0.3 is 0 Å². The summed E-state index contributed by atoms with van der Waals surface area (Å²) in [6, 6.07) is 2.20. The topological polar surface area (TPSA) is 24.9 Å². The Morgan fingerprint density at radius 1 is 1.22 bits per heavy atom. The van der Waals surface area contributed by atoms with E-state index in [0.717, 1.165) is 29.4 Å². The van der Waals surface area contributed by atoms with Crippen LogP contribution in [0.3, 0.4) is 0 Å². The summed E-state index contributed by atoms with van der Waals surface area (Å²) in [4.78, 5) is 4.30. The van der Waals surface area contributed by atoms with Crippen LogP contribution >= 0.6 is 0 Å². The van der Waals surface area contributed by atoms with Gasteiger partial charge in [-0.2, -0.15) is 0 Å². The molecular formula is C14H16F2N2. The molecule has 0 saturated heterocycles. The Labute approximate surface area is 105 Å². The minimum atomic E-state index is -0.612. The second-order valence-electron chi connectivity index (χ2n) is 4.23. The second-order valence-corrected chi connectivity index (χ2v) is 4.23. The van der Waals surface area contributed by atoms with E-state index in [1.165, 1.54) is 6.07 Å². The Balaban J connectivity index is 2.86. The third-order valence-corrected chi connectivity index (χ3v) is 3.04. The monoisotopic (exact) mass is 250 g/mol. The number of hydrogen-bond acceptors (Lipinski definition) is 2. The molecule has 0 aliphatic carbocycles. The average molecular weight is 250 g/mol. The first kappa shape index (κ1) is 12.7. The van der Waals surface area contributed by atoms with Crippen LogP contribution in [0.4, 0.5) is 14.5 Å². The maximum atomic E-state index is 13.8. The predicted molar refractivity (Wildman–Crippen MR) is 69.9 cm³/mol. The molecule has 4 heteroatoms. The maximum absolute atomic E-state index is 13.8. The van der Waals surface area contributed by atoms with Crippen molar-refractivity contribution in [3.63, 3.8) is 0 Å². The summed E-state index contributed by atoms with van der Waals surface area (Å²) in [5.74, 6) is -1.19. The Hall–Kier alpha value is -1.71. The molecule has 0 amide bonds. The van der Waals surface area contributed by atoms with Crippen LogP contribution in [0, 0.1) is 18.6 Å². The number of anilines is 1. The summed E-state index contributed by atoms with van der Waals surface area (Å²) in [5, 5.41) is 3.68. The molecule has 96 valence electrons. The van der Waals surface area contributed by atoms with E-state index in [-0.39, 0.29) is 5.52 Å². The van der Waals surface area contributed by atoms with Gasteiger partial charge in [-0.1, -0.05) is 6.92 Å². The standard InChI is InChI=1S/C14H16F2N2/c1-4-12-8(3)13(17-5-2)10-6-9(15)7-11(16)14(10)18-12/h6-7H,4-5H2,1-3H3,(H,17,18). The van der Waals surface area contributed by atoms with E-state index >= 15 is 0 Å². The van der Waals surface area contributed by atoms with Gasteiger partial charge in [-0.05, 0) is 31.9 Å². The van der Waals surface area contributed by atoms with Crippen LogP contribution in [0.5, 0.6) is 0 Å². The number of hydrogen-bond donors (Lipinski definition) is 1. The van der Waals surface area contributed by atoms with Gasteiger partial charge in [-0.15, -0.1) is 0 Å². The molecule has 2 nitrogen and oxygen atoms in total. The van der Waals surface area contributed by atoms with Gasteiger partial charge in [-0.3, -0.25) is 0 Å². The van der Waals surface area contributed by atoms with Crippen LogP contribution in [0.25, 0.3) is 10.9 Å². The maximum Gasteiger partial charge on any atom is 0.152 e. The van der Waals surface area contributed by atoms with Crippen LogP contribution in [-0.4, -0.2) is 11.5 Å². The van der Waals surface area contributed by atoms with Crippen molar-refractivity contribution in [2.75, 3.05) is 11.9 Å². The summed E-state index contributed by atoms with van der Waals surface area (Å²) in [7, 11) is 0. The van der Waals surface area contributed by atoms with Crippen molar-refractivity contribution in [1.29, 1.82) is 0 Å². The molecular weight excluding hydrogens is 234 g/mol. The minimum Gasteiger partial charge on any atom is -0.385 e. The summed E-state index contributed by atoms with van der Waals surface area (Å²) in [6.07, 6.45) is 0.719. The van der Waals surface area contributed by atoms with Gasteiger partial charge in [0.1, 0.15) is 11.3 Å². The van der Waals surface area contributed by atoms with Gasteiger partial charge in [0.2, 0.25) is 0 Å². The largest absolute Gasteiger partial charge is 0.385 e. The number of halogens is 2. The van der Waals surface area contributed by atoms with Crippen LogP contribution in [0.1, 0.15) is 25.1 Å². The molecule has 18 heavy (non-hydrogen) atoms. The van der Waals surface area contributed by atoms with Crippen molar-refractivity contribution in [3.8, 4) is 0 Å². The summed E-state index contributed by atoms with van der Waals surface area (Å²) in [6.45, 7) is 6.54. The van der Waals surface area contributed by atoms with Crippen LogP contribution in [0.15, 0.2) is 12.1 Å². The van der Waals surface area contributed by atoms with Crippen molar-refractivity contribution in [1.82, 2.24) is 4.98 Å². The van der Waals surface area contributed by atoms with Crippen LogP contribution < -0.4 is 5.32 Å². The molecule has 0 saturated carbocycles. The number of fused-ring (bicyclic) bond motifs is 1. The molecule has 0 radical (unpaired) electrons. The number of aromatic nitrogens is 1. The third kappa shape index (κ3) is 2.03. The highest BCUT2D eigenvalue weighted by atomic mass is 19.1. The Morgan fingerprint density at radius 2 is 1.94 bits per heavy atom. The normalized spacial score (nSPS) is 10.9. The van der Waals surface area contributed by atoms with Gasteiger partial charge in [-0.25, -0.2) is 13.8 Å². The molecule has 0 bridgehead atoms. The van der Waals surface area contributed by atoms with E-state index in [1.54, 1.807) is 0 Å². The first-order chi connectivity index (χ1) is 8.58. The molecule has 1 aromatic carbocycles. The number of pyridine rings is 1. The number of nitrogens with one attached hydrogen (secondary N) is 1. The zero-order chi connectivity index (χ0) is 13.3. The Kier molecular flexibility index (Phi) is 3.45. The van der Waals surface area contributed by atoms with E-state index in [1.807, 2.05) is 20.8 Å². The molecule has 0 aliphatic rings. The van der Waals surface area contributed by atoms with Crippen molar-refractivity contribution in [2.45, 2.75) is 27.2 Å². The van der Waals surface area contributed by atoms with Crippen LogP contribution in [-0.2, 0) is 6.42 Å². The fourth-order valence-corrected chi connectivity index (χ4v) is 2.18. The lowest BCUT2D eigenvalue weighted by atomic mass is 10.0. The van der Waals surface area contributed by atoms with Gasteiger partial charge in [0, 0.05) is 29.4 Å². The van der Waals surface area contributed by atoms with Gasteiger partial charge < -0.3 is 5.32 Å². The highest BCUT2D eigenvalue weighted by Gasteiger charge is 2.14. The first-order valence-corrected chi connectivity index (χ1v) is 6.10. The molecule has 2 aromatic rings. The summed E-state index contributed by atoms with van der Waals surface area (Å²) in [5.41, 5.74) is 2.80. The molecule has 0 fully saturated rings. The van der Waals surface area contributed by atoms with E-state index < -0.39 is 11.6 Å². The second kappa shape index (κ2) is 4.88. The zero-order valence-corrected chi connectivity index (χ0v) is 10.8. The van der Waals surface area contributed by atoms with Crippen molar-refractivity contribution < 1.29 is 8.78 Å². The van der Waals surface area contributed by atoms with Gasteiger partial charge in [0.15, 0.2) is 5.82 Å². The van der Waals surface area contributed by atoms with Crippen molar-refractivity contribution in [3.05, 3.63) is 35.0 Å². The highest BCUT2D eigenvalue weighted by molar-refractivity contribution is 5.93. The molecule has 0 atom stereocenters. The molecule has 1 N–H and O–H groups in total. The smallest absolute Gasteiger partial charge is 0.152 e. The van der Waals surface area contributed by atoms with E-state index in [9.17, 15) is 8.78 Å². The Morgan fingerprint density at radius 3 is 2.56 bits per heavy atom. The first-order valence-electron chi connectivity index (χ1n) is 6.10. The summed E-state index contributed by atoms with van der Waals surface area (Å²) < 4.78 is 27.1. The molecule has 2 rings (SSSR count). The van der Waals surface area contributed by atoms with Gasteiger partial charge in [0.25, 0.3) is 0 Å². The third-order valence-electron chi connectivity index (χ3n) is 3.04. The van der Waals surface area contributed by atoms with Crippen LogP contribution in [0.2, 0.25) is 0 Å². The fraction of sp³-hybridized carbons (Fsp3) is 0.357. The quantitative estimate of drug-likeness (QED) is 0.895. The SMILES string of the molecule is CCNc1c(C)c(CC)nc2c(F)cc(F)cc12. The van der Waals surface area contributed by atoms with Gasteiger partial charge in [0.05, 0.1) is 0 Å². The lowest BCUT2D eigenvalue weighted by Gasteiger charge is -2.15. The average Bonchev–Trinajstić information content (AvgIpc) is 2.33. The number of nitrogens with zero attached hydrogens (tertiary/aromatic N) is 1. The van der Waals surface area contributed by atoms with Crippen molar-refractivity contribution >= 4 is 16.6 Å². The highest BCUT2D eigenvalue weighted by Crippen LogP contribution is 2.30. The van der Waals surface area contributed by atoms with E-state index in [4.69, 9.17) is 0 Å². The summed E-state index contributed by atoms with van der Waals surface area (Å²) >= 11 is 0. The number of benzene rings is 1. The Bertz CT molecular complexity index is 594. The molecule has 0 aliphatic heterocycles. The molecule has 0 unspecified atom stereocenters. The lowest BCUT2D eigenvalue weighted by Crippen LogP contribution is -2.05. The fourth-order valence-electron chi connectivity index (χ4n) is 2.18. The lowest BCUT2D eigenvalue weighted by molar-refractivity contribution is 0.590. The number of rotatable bonds is 3. The molecule has 1 heterocycles. The number of aryl methyl sites for hydroxylation is 1. The zero-order valence-electron chi connectivity index (χ0n) is 10.8. The molecule has 1 aromatic heterocycles. The van der Waals surface area contributed by atoms with Crippen molar-refractivity contribution in [2.24, 2.45) is 0 Å². The predicted octanol–water partition coefficient (Wildman–Crippen LogP) is 3.82. The molecule has 0 spiro atoms.